The predicted octanol–water partition coefficient (Wildman–Crippen LogP) is 3.50. The van der Waals surface area contributed by atoms with Gasteiger partial charge in [0, 0.05) is 6.04 Å². The molecule has 0 aliphatic heterocycles. The molecule has 0 saturated carbocycles. The van der Waals surface area contributed by atoms with Crippen molar-refractivity contribution in [3.8, 4) is 5.75 Å². The topological polar surface area (TPSA) is 35.2 Å². The average molecular weight is 272 g/mol. The molecule has 2 nitrogen and oxygen atoms in total. The van der Waals surface area contributed by atoms with Crippen LogP contribution in [0, 0.1) is 5.92 Å². The lowest BCUT2D eigenvalue weighted by Crippen LogP contribution is -2.07. The van der Waals surface area contributed by atoms with Crippen molar-refractivity contribution in [1.82, 2.24) is 0 Å². The van der Waals surface area contributed by atoms with E-state index in [4.69, 9.17) is 10.5 Å². The molecule has 0 amide bonds. The molecule has 0 saturated heterocycles. The summed E-state index contributed by atoms with van der Waals surface area (Å²) in [5.41, 5.74) is 6.90. The van der Waals surface area contributed by atoms with Crippen LogP contribution >= 0.6 is 15.9 Å². The Kier molecular flexibility index (Phi) is 4.61. The van der Waals surface area contributed by atoms with Crippen molar-refractivity contribution in [1.29, 1.82) is 0 Å². The summed E-state index contributed by atoms with van der Waals surface area (Å²) in [5.74, 6) is 1.41. The van der Waals surface area contributed by atoms with E-state index in [1.165, 1.54) is 0 Å². The Balaban J connectivity index is 2.75. The molecule has 0 bridgehead atoms. The van der Waals surface area contributed by atoms with Gasteiger partial charge in [-0.15, -0.1) is 0 Å². The van der Waals surface area contributed by atoms with Crippen LogP contribution < -0.4 is 10.5 Å². The van der Waals surface area contributed by atoms with Gasteiger partial charge in [-0.2, -0.15) is 0 Å². The molecule has 0 radical (unpaired) electrons. The maximum absolute atomic E-state index is 5.79. The third-order valence-electron chi connectivity index (χ3n) is 2.05. The summed E-state index contributed by atoms with van der Waals surface area (Å²) in [6.45, 7) is 6.96. The first-order chi connectivity index (χ1) is 7.00. The molecule has 1 atom stereocenters. The van der Waals surface area contributed by atoms with Crippen molar-refractivity contribution in [3.05, 3.63) is 28.2 Å². The van der Waals surface area contributed by atoms with Crippen LogP contribution in [0.4, 0.5) is 0 Å². The average Bonchev–Trinajstić information content (AvgIpc) is 2.15. The van der Waals surface area contributed by atoms with Crippen LogP contribution in [0.15, 0.2) is 22.7 Å². The second kappa shape index (κ2) is 5.52. The molecule has 0 aliphatic carbocycles. The van der Waals surface area contributed by atoms with Crippen LogP contribution in [-0.4, -0.2) is 6.61 Å². The Morgan fingerprint density at radius 3 is 2.47 bits per heavy atom. The number of rotatable bonds is 4. The van der Waals surface area contributed by atoms with Crippen LogP contribution in [0.3, 0.4) is 0 Å². The van der Waals surface area contributed by atoms with Crippen molar-refractivity contribution < 1.29 is 4.74 Å². The van der Waals surface area contributed by atoms with Crippen LogP contribution in [-0.2, 0) is 0 Å². The van der Waals surface area contributed by atoms with Crippen LogP contribution in [0.2, 0.25) is 0 Å². The van der Waals surface area contributed by atoms with Gasteiger partial charge in [0.2, 0.25) is 0 Å². The fourth-order valence-electron chi connectivity index (χ4n) is 1.17. The van der Waals surface area contributed by atoms with Crippen molar-refractivity contribution in [2.24, 2.45) is 11.7 Å². The highest BCUT2D eigenvalue weighted by atomic mass is 79.9. The zero-order valence-electron chi connectivity index (χ0n) is 9.46. The summed E-state index contributed by atoms with van der Waals surface area (Å²) in [4.78, 5) is 0. The van der Waals surface area contributed by atoms with Crippen molar-refractivity contribution >= 4 is 15.9 Å². The summed E-state index contributed by atoms with van der Waals surface area (Å²) >= 11 is 3.48. The van der Waals surface area contributed by atoms with Crippen molar-refractivity contribution in [2.45, 2.75) is 26.8 Å². The maximum atomic E-state index is 5.79. The number of nitrogens with two attached hydrogens (primary N) is 1. The number of hydrogen-bond acceptors (Lipinski definition) is 2. The molecule has 0 heterocycles. The largest absolute Gasteiger partial charge is 0.492 e. The smallest absolute Gasteiger partial charge is 0.133 e. The van der Waals surface area contributed by atoms with Gasteiger partial charge >= 0.3 is 0 Å². The van der Waals surface area contributed by atoms with E-state index in [0.29, 0.717) is 5.92 Å². The van der Waals surface area contributed by atoms with Crippen LogP contribution in [0.25, 0.3) is 0 Å². The zero-order chi connectivity index (χ0) is 11.4. The molecular formula is C12H18BrNO. The standard InChI is InChI=1S/C12H18BrNO/c1-8(2)7-15-12-5-4-10(9(3)14)6-11(12)13/h4-6,8-9H,7,14H2,1-3H3/t9-/m0/s1. The van der Waals surface area contributed by atoms with E-state index in [9.17, 15) is 0 Å². The molecule has 3 heteroatoms. The molecule has 1 aromatic carbocycles. The normalized spacial score (nSPS) is 12.9. The molecule has 1 rings (SSSR count). The van der Waals surface area contributed by atoms with E-state index in [-0.39, 0.29) is 6.04 Å². The van der Waals surface area contributed by atoms with Gasteiger partial charge < -0.3 is 10.5 Å². The first-order valence-electron chi connectivity index (χ1n) is 5.18. The van der Waals surface area contributed by atoms with Gasteiger partial charge in [0.1, 0.15) is 5.75 Å². The third kappa shape index (κ3) is 3.84. The molecule has 0 aromatic heterocycles. The van der Waals surface area contributed by atoms with Crippen LogP contribution in [0.5, 0.6) is 5.75 Å². The molecular weight excluding hydrogens is 254 g/mol. The lowest BCUT2D eigenvalue weighted by molar-refractivity contribution is 0.269. The monoisotopic (exact) mass is 271 g/mol. The Morgan fingerprint density at radius 2 is 2.00 bits per heavy atom. The summed E-state index contributed by atoms with van der Waals surface area (Å²) < 4.78 is 6.62. The Labute approximate surface area is 99.9 Å². The molecule has 0 aliphatic rings. The maximum Gasteiger partial charge on any atom is 0.133 e. The van der Waals surface area contributed by atoms with Gasteiger partial charge in [-0.25, -0.2) is 0 Å². The number of ether oxygens (including phenoxy) is 1. The summed E-state index contributed by atoms with van der Waals surface area (Å²) in [6.07, 6.45) is 0. The summed E-state index contributed by atoms with van der Waals surface area (Å²) in [5, 5.41) is 0. The second-order valence-electron chi connectivity index (χ2n) is 4.18. The molecule has 2 N–H and O–H groups in total. The van der Waals surface area contributed by atoms with E-state index in [2.05, 4.69) is 29.8 Å². The van der Waals surface area contributed by atoms with E-state index in [1.54, 1.807) is 0 Å². The SMILES string of the molecule is CC(C)COc1ccc([C@H](C)N)cc1Br. The van der Waals surface area contributed by atoms with Crippen LogP contribution in [0.1, 0.15) is 32.4 Å². The lowest BCUT2D eigenvalue weighted by atomic mass is 10.1. The minimum absolute atomic E-state index is 0.0560. The highest BCUT2D eigenvalue weighted by molar-refractivity contribution is 9.10. The van der Waals surface area contributed by atoms with Crippen molar-refractivity contribution in [2.75, 3.05) is 6.61 Å². The summed E-state index contributed by atoms with van der Waals surface area (Å²) in [7, 11) is 0. The van der Waals surface area contributed by atoms with Gasteiger partial charge in [0.25, 0.3) is 0 Å². The first-order valence-corrected chi connectivity index (χ1v) is 5.98. The van der Waals surface area contributed by atoms with Gasteiger partial charge in [0.15, 0.2) is 0 Å². The highest BCUT2D eigenvalue weighted by Crippen LogP contribution is 2.28. The Hall–Kier alpha value is -0.540. The van der Waals surface area contributed by atoms with Gasteiger partial charge in [-0.05, 0) is 46.5 Å². The molecule has 0 unspecified atom stereocenters. The molecule has 0 fully saturated rings. The third-order valence-corrected chi connectivity index (χ3v) is 2.67. The minimum atomic E-state index is 0.0560. The highest BCUT2D eigenvalue weighted by Gasteiger charge is 2.06. The fourth-order valence-corrected chi connectivity index (χ4v) is 1.68. The second-order valence-corrected chi connectivity index (χ2v) is 5.04. The predicted molar refractivity (Wildman–Crippen MR) is 67.1 cm³/mol. The fraction of sp³-hybridized carbons (Fsp3) is 0.500. The molecule has 0 spiro atoms. The van der Waals surface area contributed by atoms with E-state index in [1.807, 2.05) is 25.1 Å². The Morgan fingerprint density at radius 1 is 1.33 bits per heavy atom. The number of benzene rings is 1. The minimum Gasteiger partial charge on any atom is -0.492 e. The van der Waals surface area contributed by atoms with Gasteiger partial charge in [-0.3, -0.25) is 0 Å². The number of hydrogen-bond donors (Lipinski definition) is 1. The van der Waals surface area contributed by atoms with Gasteiger partial charge in [-0.1, -0.05) is 19.9 Å². The van der Waals surface area contributed by atoms with E-state index in [0.717, 1.165) is 22.4 Å². The lowest BCUT2D eigenvalue weighted by Gasteiger charge is -2.12. The molecule has 1 aromatic rings. The Bertz CT molecular complexity index is 323. The molecule has 84 valence electrons. The summed E-state index contributed by atoms with van der Waals surface area (Å²) in [6, 6.07) is 6.04. The first kappa shape index (κ1) is 12.5. The number of halogens is 1. The van der Waals surface area contributed by atoms with Crippen molar-refractivity contribution in [3.63, 3.8) is 0 Å². The van der Waals surface area contributed by atoms with Gasteiger partial charge in [0.05, 0.1) is 11.1 Å². The van der Waals surface area contributed by atoms with E-state index >= 15 is 0 Å². The molecule has 15 heavy (non-hydrogen) atoms. The van der Waals surface area contributed by atoms with E-state index < -0.39 is 0 Å². The quantitative estimate of drug-likeness (QED) is 0.910. The zero-order valence-corrected chi connectivity index (χ0v) is 11.0.